The van der Waals surface area contributed by atoms with Crippen LogP contribution in [0.1, 0.15) is 44.8 Å². The summed E-state index contributed by atoms with van der Waals surface area (Å²) in [6, 6.07) is 0. The summed E-state index contributed by atoms with van der Waals surface area (Å²) >= 11 is 3.43. The van der Waals surface area contributed by atoms with Crippen LogP contribution in [0, 0.1) is 0 Å². The summed E-state index contributed by atoms with van der Waals surface area (Å²) in [5.41, 5.74) is 2.36. The average Bonchev–Trinajstić information content (AvgIpc) is 2.93. The second-order valence-electron chi connectivity index (χ2n) is 5.58. The van der Waals surface area contributed by atoms with Crippen molar-refractivity contribution in [2.45, 2.75) is 46.0 Å². The molecule has 1 N–H and O–H groups in total. The molecule has 104 valence electrons. The molecule has 2 heterocycles. The minimum Gasteiger partial charge on any atom is -0.365 e. The Bertz CT molecular complexity index is 549. The van der Waals surface area contributed by atoms with Gasteiger partial charge in [0.25, 0.3) is 0 Å². The highest BCUT2D eigenvalue weighted by Crippen LogP contribution is 2.37. The Kier molecular flexibility index (Phi) is 4.26. The molecule has 0 unspecified atom stereocenters. The molecule has 0 aromatic carbocycles. The van der Waals surface area contributed by atoms with Gasteiger partial charge in [-0.3, -0.25) is 0 Å². The zero-order chi connectivity index (χ0) is 14.0. The van der Waals surface area contributed by atoms with Crippen LogP contribution in [0.5, 0.6) is 0 Å². The van der Waals surface area contributed by atoms with Crippen molar-refractivity contribution < 1.29 is 0 Å². The van der Waals surface area contributed by atoms with Crippen LogP contribution in [0.2, 0.25) is 0 Å². The molecule has 0 radical (unpaired) electrons. The molecule has 2 rings (SSSR count). The summed E-state index contributed by atoms with van der Waals surface area (Å²) in [6.45, 7) is 8.84. The average molecular weight is 295 g/mol. The highest BCUT2D eigenvalue weighted by molar-refractivity contribution is 7.17. The van der Waals surface area contributed by atoms with Gasteiger partial charge in [0, 0.05) is 17.8 Å². The second-order valence-corrected chi connectivity index (χ2v) is 7.44. The predicted molar refractivity (Wildman–Crippen MR) is 85.5 cm³/mol. The first-order valence-corrected chi connectivity index (χ1v) is 8.29. The van der Waals surface area contributed by atoms with Gasteiger partial charge in [-0.15, -0.1) is 22.7 Å². The van der Waals surface area contributed by atoms with Gasteiger partial charge < -0.3 is 5.32 Å². The van der Waals surface area contributed by atoms with Crippen molar-refractivity contribution >= 4 is 27.8 Å². The third-order valence-electron chi connectivity index (χ3n) is 2.78. The van der Waals surface area contributed by atoms with Crippen molar-refractivity contribution in [3.8, 4) is 10.6 Å². The standard InChI is InChI=1S/C14H21N3S2/c1-6-7-9-11(10-8-18-13(15-5)17-10)19-12(16-9)14(2,3)4/h8H,6-7H2,1-5H3,(H,15,17). The number of aromatic nitrogens is 2. The molecule has 3 nitrogen and oxygen atoms in total. The van der Waals surface area contributed by atoms with Gasteiger partial charge in [0.2, 0.25) is 0 Å². The molecule has 5 heteroatoms. The fourth-order valence-electron chi connectivity index (χ4n) is 1.77. The predicted octanol–water partition coefficient (Wildman–Crippen LogP) is 4.56. The van der Waals surface area contributed by atoms with E-state index in [1.165, 1.54) is 15.6 Å². The summed E-state index contributed by atoms with van der Waals surface area (Å²) in [6.07, 6.45) is 2.14. The third-order valence-corrected chi connectivity index (χ3v) is 5.18. The summed E-state index contributed by atoms with van der Waals surface area (Å²) in [5, 5.41) is 7.37. The van der Waals surface area contributed by atoms with Crippen LogP contribution in [-0.2, 0) is 11.8 Å². The van der Waals surface area contributed by atoms with Gasteiger partial charge in [0.1, 0.15) is 0 Å². The van der Waals surface area contributed by atoms with Crippen molar-refractivity contribution in [1.29, 1.82) is 0 Å². The van der Waals surface area contributed by atoms with Crippen LogP contribution in [0.4, 0.5) is 5.13 Å². The minimum atomic E-state index is 0.104. The number of hydrogen-bond donors (Lipinski definition) is 1. The maximum Gasteiger partial charge on any atom is 0.182 e. The van der Waals surface area contributed by atoms with E-state index >= 15 is 0 Å². The van der Waals surface area contributed by atoms with Gasteiger partial charge in [0.05, 0.1) is 21.3 Å². The van der Waals surface area contributed by atoms with E-state index in [-0.39, 0.29) is 5.41 Å². The molecule has 2 aromatic heterocycles. The van der Waals surface area contributed by atoms with E-state index in [0.29, 0.717) is 0 Å². The number of nitrogens with one attached hydrogen (secondary N) is 1. The second kappa shape index (κ2) is 5.59. The summed E-state index contributed by atoms with van der Waals surface area (Å²) in [7, 11) is 1.91. The Balaban J connectivity index is 2.45. The molecule has 0 spiro atoms. The Hall–Kier alpha value is -0.940. The molecule has 0 aliphatic rings. The molecule has 0 fully saturated rings. The zero-order valence-corrected chi connectivity index (χ0v) is 13.8. The van der Waals surface area contributed by atoms with Crippen LogP contribution >= 0.6 is 22.7 Å². The van der Waals surface area contributed by atoms with Crippen LogP contribution in [-0.4, -0.2) is 17.0 Å². The normalized spacial score (nSPS) is 11.8. The van der Waals surface area contributed by atoms with Gasteiger partial charge >= 0.3 is 0 Å². The van der Waals surface area contributed by atoms with Crippen molar-refractivity contribution in [3.05, 3.63) is 16.1 Å². The van der Waals surface area contributed by atoms with Gasteiger partial charge in [-0.25, -0.2) is 9.97 Å². The Morgan fingerprint density at radius 1 is 1.26 bits per heavy atom. The monoisotopic (exact) mass is 295 g/mol. The minimum absolute atomic E-state index is 0.104. The van der Waals surface area contributed by atoms with Crippen LogP contribution in [0.3, 0.4) is 0 Å². The van der Waals surface area contributed by atoms with Crippen molar-refractivity contribution in [3.63, 3.8) is 0 Å². The van der Waals surface area contributed by atoms with Gasteiger partial charge in [-0.1, -0.05) is 34.1 Å². The fourth-order valence-corrected chi connectivity index (χ4v) is 3.64. The quantitative estimate of drug-likeness (QED) is 0.898. The SMILES string of the molecule is CCCc1nc(C(C)(C)C)sc1-c1csc(NC)n1. The molecule has 0 saturated carbocycles. The molecule has 0 bridgehead atoms. The zero-order valence-electron chi connectivity index (χ0n) is 12.2. The third kappa shape index (κ3) is 3.15. The topological polar surface area (TPSA) is 37.8 Å². The maximum atomic E-state index is 4.85. The first-order valence-electron chi connectivity index (χ1n) is 6.59. The molecule has 0 atom stereocenters. The number of anilines is 1. The smallest absolute Gasteiger partial charge is 0.182 e. The van der Waals surface area contributed by atoms with E-state index in [9.17, 15) is 0 Å². The van der Waals surface area contributed by atoms with Gasteiger partial charge in [-0.05, 0) is 6.42 Å². The number of rotatable bonds is 4. The molecule has 0 aliphatic carbocycles. The molecule has 0 amide bonds. The lowest BCUT2D eigenvalue weighted by Crippen LogP contribution is -2.10. The van der Waals surface area contributed by atoms with Crippen molar-refractivity contribution in [1.82, 2.24) is 9.97 Å². The van der Waals surface area contributed by atoms with E-state index in [2.05, 4.69) is 43.4 Å². The first-order chi connectivity index (χ1) is 8.95. The maximum absolute atomic E-state index is 4.85. The summed E-state index contributed by atoms with van der Waals surface area (Å²) in [4.78, 5) is 10.7. The van der Waals surface area contributed by atoms with E-state index in [1.54, 1.807) is 22.7 Å². The number of hydrogen-bond acceptors (Lipinski definition) is 5. The highest BCUT2D eigenvalue weighted by Gasteiger charge is 2.22. The first kappa shape index (κ1) is 14.5. The molecule has 2 aromatic rings. The van der Waals surface area contributed by atoms with Crippen LogP contribution in [0.25, 0.3) is 10.6 Å². The lowest BCUT2D eigenvalue weighted by Gasteiger charge is -2.13. The summed E-state index contributed by atoms with van der Waals surface area (Å²) < 4.78 is 0. The van der Waals surface area contributed by atoms with Crippen LogP contribution < -0.4 is 5.32 Å². The van der Waals surface area contributed by atoms with Crippen molar-refractivity contribution in [2.75, 3.05) is 12.4 Å². The van der Waals surface area contributed by atoms with Gasteiger partial charge in [-0.2, -0.15) is 0 Å². The van der Waals surface area contributed by atoms with E-state index in [4.69, 9.17) is 4.98 Å². The molecular weight excluding hydrogens is 274 g/mol. The van der Waals surface area contributed by atoms with Crippen LogP contribution in [0.15, 0.2) is 5.38 Å². The van der Waals surface area contributed by atoms with Gasteiger partial charge in [0.15, 0.2) is 5.13 Å². The Morgan fingerprint density at radius 2 is 2.00 bits per heavy atom. The number of aryl methyl sites for hydroxylation is 1. The lowest BCUT2D eigenvalue weighted by molar-refractivity contribution is 0.582. The van der Waals surface area contributed by atoms with E-state index in [0.717, 1.165) is 23.7 Å². The fraction of sp³-hybridized carbons (Fsp3) is 0.571. The van der Waals surface area contributed by atoms with Crippen molar-refractivity contribution in [2.24, 2.45) is 0 Å². The molecule has 19 heavy (non-hydrogen) atoms. The van der Waals surface area contributed by atoms with E-state index in [1.807, 2.05) is 7.05 Å². The number of nitrogens with zero attached hydrogens (tertiary/aromatic N) is 2. The molecule has 0 saturated heterocycles. The highest BCUT2D eigenvalue weighted by atomic mass is 32.1. The molecular formula is C14H21N3S2. The largest absolute Gasteiger partial charge is 0.365 e. The molecule has 0 aliphatic heterocycles. The Labute approximate surface area is 123 Å². The number of thiazole rings is 2. The lowest BCUT2D eigenvalue weighted by atomic mass is 9.98. The summed E-state index contributed by atoms with van der Waals surface area (Å²) in [5.74, 6) is 0. The van der Waals surface area contributed by atoms with E-state index < -0.39 is 0 Å². The Morgan fingerprint density at radius 3 is 2.53 bits per heavy atom.